The molecule has 1 unspecified atom stereocenters. The van der Waals surface area contributed by atoms with Gasteiger partial charge >= 0.3 is 0 Å². The highest BCUT2D eigenvalue weighted by molar-refractivity contribution is 7.05. The number of aromatic nitrogens is 2. The van der Waals surface area contributed by atoms with Crippen molar-refractivity contribution in [3.8, 4) is 0 Å². The molecule has 0 fully saturated rings. The molecule has 0 aliphatic carbocycles. The maximum absolute atomic E-state index is 4.15. The van der Waals surface area contributed by atoms with Crippen LogP contribution in [0.2, 0.25) is 0 Å². The summed E-state index contributed by atoms with van der Waals surface area (Å²) in [6, 6.07) is 0.412. The van der Waals surface area contributed by atoms with Crippen molar-refractivity contribution >= 4 is 11.5 Å². The Morgan fingerprint density at radius 2 is 2.07 bits per heavy atom. The molecular weight excluding hydrogens is 194 g/mol. The smallest absolute Gasteiger partial charge is 0.0801 e. The van der Waals surface area contributed by atoms with E-state index < -0.39 is 0 Å². The van der Waals surface area contributed by atoms with Gasteiger partial charge in [-0.25, -0.2) is 0 Å². The van der Waals surface area contributed by atoms with Crippen LogP contribution in [0.3, 0.4) is 0 Å². The summed E-state index contributed by atoms with van der Waals surface area (Å²) in [6.45, 7) is 9.71. The molecule has 0 saturated heterocycles. The van der Waals surface area contributed by atoms with Gasteiger partial charge in [-0.1, -0.05) is 32.2 Å². The van der Waals surface area contributed by atoms with E-state index in [-0.39, 0.29) is 0 Å². The largest absolute Gasteiger partial charge is 0.309 e. The molecule has 0 aliphatic rings. The summed E-state index contributed by atoms with van der Waals surface area (Å²) >= 11 is 1.53. The lowest BCUT2D eigenvalue weighted by Crippen LogP contribution is -2.25. The summed E-state index contributed by atoms with van der Waals surface area (Å²) in [4.78, 5) is 1.31. The fourth-order valence-corrected chi connectivity index (χ4v) is 2.53. The van der Waals surface area contributed by atoms with Gasteiger partial charge in [0.15, 0.2) is 0 Å². The van der Waals surface area contributed by atoms with E-state index in [0.717, 1.165) is 18.7 Å². The third-order valence-electron chi connectivity index (χ3n) is 2.29. The molecule has 1 aromatic rings. The summed E-state index contributed by atoms with van der Waals surface area (Å²) in [6.07, 6.45) is 0.973. The topological polar surface area (TPSA) is 37.8 Å². The Morgan fingerprint density at radius 3 is 2.57 bits per heavy atom. The molecule has 0 spiro atoms. The highest BCUT2D eigenvalue weighted by atomic mass is 32.1. The Morgan fingerprint density at radius 1 is 1.36 bits per heavy atom. The quantitative estimate of drug-likeness (QED) is 0.816. The van der Waals surface area contributed by atoms with Gasteiger partial charge in [-0.05, 0) is 30.4 Å². The molecule has 0 bridgehead atoms. The highest BCUT2D eigenvalue weighted by Crippen LogP contribution is 2.26. The Hall–Kier alpha value is -0.480. The summed E-state index contributed by atoms with van der Waals surface area (Å²) in [5, 5.41) is 7.64. The van der Waals surface area contributed by atoms with Gasteiger partial charge in [0.05, 0.1) is 10.6 Å². The minimum Gasteiger partial charge on any atom is -0.309 e. The fourth-order valence-electron chi connectivity index (χ4n) is 1.55. The maximum Gasteiger partial charge on any atom is 0.0801 e. The van der Waals surface area contributed by atoms with E-state index in [4.69, 9.17) is 0 Å². The van der Waals surface area contributed by atoms with E-state index >= 15 is 0 Å². The molecule has 0 amide bonds. The molecule has 1 heterocycles. The van der Waals surface area contributed by atoms with Crippen molar-refractivity contribution in [1.82, 2.24) is 14.9 Å². The number of nitrogens with zero attached hydrogens (tertiary/aromatic N) is 2. The summed E-state index contributed by atoms with van der Waals surface area (Å²) < 4.78 is 4.03. The van der Waals surface area contributed by atoms with Crippen molar-refractivity contribution < 1.29 is 0 Å². The van der Waals surface area contributed by atoms with Crippen LogP contribution in [0.15, 0.2) is 0 Å². The van der Waals surface area contributed by atoms with Crippen LogP contribution in [0.5, 0.6) is 0 Å². The van der Waals surface area contributed by atoms with Gasteiger partial charge in [0.25, 0.3) is 0 Å². The normalized spacial score (nSPS) is 13.5. The third kappa shape index (κ3) is 2.51. The van der Waals surface area contributed by atoms with Crippen LogP contribution in [0.4, 0.5) is 0 Å². The molecule has 3 nitrogen and oxygen atoms in total. The van der Waals surface area contributed by atoms with E-state index in [0.29, 0.717) is 12.0 Å². The van der Waals surface area contributed by atoms with Gasteiger partial charge in [0, 0.05) is 6.04 Å². The predicted molar refractivity (Wildman–Crippen MR) is 60.5 cm³/mol. The van der Waals surface area contributed by atoms with Crippen molar-refractivity contribution in [3.05, 3.63) is 10.6 Å². The number of aryl methyl sites for hydroxylation is 1. The van der Waals surface area contributed by atoms with Gasteiger partial charge < -0.3 is 5.32 Å². The second-order valence-corrected chi connectivity index (χ2v) is 4.50. The Bertz CT molecular complexity index is 270. The average Bonchev–Trinajstić information content (AvgIpc) is 2.61. The zero-order valence-corrected chi connectivity index (χ0v) is 10.2. The zero-order valence-electron chi connectivity index (χ0n) is 9.37. The van der Waals surface area contributed by atoms with Crippen LogP contribution in [0, 0.1) is 5.92 Å². The van der Waals surface area contributed by atoms with Crippen LogP contribution in [0.1, 0.15) is 44.3 Å². The molecule has 0 saturated carbocycles. The number of hydrogen-bond donors (Lipinski definition) is 1. The van der Waals surface area contributed by atoms with Crippen molar-refractivity contribution in [2.24, 2.45) is 5.92 Å². The van der Waals surface area contributed by atoms with Crippen molar-refractivity contribution in [2.75, 3.05) is 6.54 Å². The van der Waals surface area contributed by atoms with Crippen LogP contribution in [-0.4, -0.2) is 16.1 Å². The molecular formula is C10H19N3S. The van der Waals surface area contributed by atoms with Crippen molar-refractivity contribution in [2.45, 2.75) is 40.2 Å². The monoisotopic (exact) mass is 213 g/mol. The first-order valence-corrected chi connectivity index (χ1v) is 6.02. The molecule has 1 aromatic heterocycles. The number of rotatable bonds is 5. The molecule has 4 heteroatoms. The summed E-state index contributed by atoms with van der Waals surface area (Å²) in [7, 11) is 0. The van der Waals surface area contributed by atoms with Gasteiger partial charge in [0.1, 0.15) is 0 Å². The van der Waals surface area contributed by atoms with E-state index in [1.165, 1.54) is 16.4 Å². The molecule has 14 heavy (non-hydrogen) atoms. The minimum atomic E-state index is 0.412. The number of nitrogens with one attached hydrogen (secondary N) is 1. The van der Waals surface area contributed by atoms with E-state index in [9.17, 15) is 0 Å². The first-order valence-electron chi connectivity index (χ1n) is 5.25. The number of hydrogen-bond acceptors (Lipinski definition) is 4. The van der Waals surface area contributed by atoms with Crippen LogP contribution < -0.4 is 5.32 Å². The van der Waals surface area contributed by atoms with Crippen LogP contribution in [0.25, 0.3) is 0 Å². The van der Waals surface area contributed by atoms with Gasteiger partial charge in [0.2, 0.25) is 0 Å². The second kappa shape index (κ2) is 5.41. The zero-order chi connectivity index (χ0) is 10.6. The van der Waals surface area contributed by atoms with E-state index in [2.05, 4.69) is 42.6 Å². The highest BCUT2D eigenvalue weighted by Gasteiger charge is 2.20. The Labute approximate surface area is 90.1 Å². The predicted octanol–water partition coefficient (Wildman–Crippen LogP) is 2.41. The first-order chi connectivity index (χ1) is 6.70. The molecule has 0 aliphatic heterocycles. The second-order valence-electron chi connectivity index (χ2n) is 3.72. The standard InChI is InChI=1S/C10H19N3S/c1-5-8-10(14-13-12-8)9(7(3)4)11-6-2/h7,9,11H,5-6H2,1-4H3. The summed E-state index contributed by atoms with van der Waals surface area (Å²) in [5.41, 5.74) is 1.15. The Kier molecular flexibility index (Phi) is 4.48. The molecule has 1 N–H and O–H groups in total. The maximum atomic E-state index is 4.15. The fraction of sp³-hybridized carbons (Fsp3) is 0.800. The van der Waals surface area contributed by atoms with Crippen molar-refractivity contribution in [1.29, 1.82) is 0 Å². The first kappa shape index (κ1) is 11.6. The average molecular weight is 213 g/mol. The molecule has 1 rings (SSSR count). The van der Waals surface area contributed by atoms with Crippen molar-refractivity contribution in [3.63, 3.8) is 0 Å². The SMILES string of the molecule is CCNC(c1snnc1CC)C(C)C. The van der Waals surface area contributed by atoms with Gasteiger partial charge in [-0.15, -0.1) is 5.10 Å². The molecule has 1 atom stereocenters. The van der Waals surface area contributed by atoms with Gasteiger partial charge in [-0.3, -0.25) is 0 Å². The summed E-state index contributed by atoms with van der Waals surface area (Å²) in [5.74, 6) is 0.586. The Balaban J connectivity index is 2.86. The molecule has 0 radical (unpaired) electrons. The lowest BCUT2D eigenvalue weighted by atomic mass is 10.0. The molecule has 80 valence electrons. The van der Waals surface area contributed by atoms with Crippen LogP contribution in [-0.2, 0) is 6.42 Å². The lowest BCUT2D eigenvalue weighted by Gasteiger charge is -2.20. The van der Waals surface area contributed by atoms with E-state index in [1.54, 1.807) is 0 Å². The van der Waals surface area contributed by atoms with Crippen LogP contribution >= 0.6 is 11.5 Å². The minimum absolute atomic E-state index is 0.412. The van der Waals surface area contributed by atoms with Gasteiger partial charge in [-0.2, -0.15) is 0 Å². The van der Waals surface area contributed by atoms with E-state index in [1.807, 2.05) is 0 Å². The lowest BCUT2D eigenvalue weighted by molar-refractivity contribution is 0.425. The third-order valence-corrected chi connectivity index (χ3v) is 3.14. The molecule has 0 aromatic carbocycles.